The summed E-state index contributed by atoms with van der Waals surface area (Å²) in [4.78, 5) is 23.5. The Morgan fingerprint density at radius 2 is 1.97 bits per heavy atom. The van der Waals surface area contributed by atoms with Crippen LogP contribution in [0, 0.1) is 23.1 Å². The van der Waals surface area contributed by atoms with Crippen molar-refractivity contribution in [3.8, 4) is 11.8 Å². The number of hydrogen-bond acceptors (Lipinski definition) is 5. The van der Waals surface area contributed by atoms with Crippen molar-refractivity contribution in [3.05, 3.63) is 41.3 Å². The number of hydrogen-bond donors (Lipinski definition) is 3. The Bertz CT molecular complexity index is 914. The normalized spacial score (nSPS) is 11.7. The molecule has 0 aliphatic rings. The van der Waals surface area contributed by atoms with Gasteiger partial charge in [-0.15, -0.1) is 0 Å². The van der Waals surface area contributed by atoms with E-state index >= 15 is 0 Å². The van der Waals surface area contributed by atoms with Gasteiger partial charge in [0.2, 0.25) is 11.8 Å². The highest BCUT2D eigenvalue weighted by atomic mass is 19.1. The van der Waals surface area contributed by atoms with Crippen molar-refractivity contribution < 1.29 is 14.0 Å². The van der Waals surface area contributed by atoms with E-state index in [9.17, 15) is 19.2 Å². The van der Waals surface area contributed by atoms with Crippen molar-refractivity contribution in [3.63, 3.8) is 0 Å². The average Bonchev–Trinajstić information content (AvgIpc) is 2.98. The zero-order valence-electron chi connectivity index (χ0n) is 16.7. The number of aromatic nitrogens is 2. The highest BCUT2D eigenvalue weighted by Gasteiger charge is 2.22. The first-order valence-corrected chi connectivity index (χ1v) is 9.32. The fourth-order valence-electron chi connectivity index (χ4n) is 2.89. The molecule has 8 nitrogen and oxygen atoms in total. The van der Waals surface area contributed by atoms with Crippen LogP contribution in [0.25, 0.3) is 5.69 Å². The molecule has 0 spiro atoms. The molecule has 1 unspecified atom stereocenters. The molecule has 29 heavy (non-hydrogen) atoms. The second-order valence-corrected chi connectivity index (χ2v) is 7.02. The number of nitrogens with zero attached hydrogens (tertiary/aromatic N) is 3. The van der Waals surface area contributed by atoms with E-state index in [-0.39, 0.29) is 34.9 Å². The third-order valence-corrected chi connectivity index (χ3v) is 4.37. The molecular formula is C20H25FN6O2. The molecule has 2 amide bonds. The second kappa shape index (κ2) is 9.68. The van der Waals surface area contributed by atoms with Gasteiger partial charge in [0.05, 0.1) is 11.4 Å². The topological polar surface area (TPSA) is 126 Å². The van der Waals surface area contributed by atoms with Gasteiger partial charge in [0, 0.05) is 13.5 Å². The molecule has 4 N–H and O–H groups in total. The SMILES string of the molecule is CC(=O)NC(C(=O)NCCCc1nn(-c2ccc(F)cc2)c(N)c1C#N)C(C)C. The lowest BCUT2D eigenvalue weighted by atomic mass is 10.0. The number of halogens is 1. The van der Waals surface area contributed by atoms with E-state index in [4.69, 9.17) is 5.73 Å². The summed E-state index contributed by atoms with van der Waals surface area (Å²) in [6.07, 6.45) is 0.958. The van der Waals surface area contributed by atoms with Crippen LogP contribution in [0.5, 0.6) is 0 Å². The lowest BCUT2D eigenvalue weighted by molar-refractivity contribution is -0.129. The Balaban J connectivity index is 2.01. The Kier molecular flexibility index (Phi) is 7.31. The molecule has 9 heteroatoms. The number of carbonyl (C=O) groups excluding carboxylic acids is 2. The Labute approximate surface area is 168 Å². The van der Waals surface area contributed by atoms with Crippen LogP contribution in [0.4, 0.5) is 10.2 Å². The number of nitriles is 1. The first-order valence-electron chi connectivity index (χ1n) is 9.32. The van der Waals surface area contributed by atoms with Crippen LogP contribution in [0.3, 0.4) is 0 Å². The van der Waals surface area contributed by atoms with E-state index < -0.39 is 6.04 Å². The van der Waals surface area contributed by atoms with Crippen LogP contribution in [0.2, 0.25) is 0 Å². The predicted octanol–water partition coefficient (Wildman–Crippen LogP) is 1.67. The number of aryl methyl sites for hydroxylation is 1. The number of nitrogen functional groups attached to an aromatic ring is 1. The minimum absolute atomic E-state index is 0.0460. The lowest BCUT2D eigenvalue weighted by Crippen LogP contribution is -2.49. The van der Waals surface area contributed by atoms with E-state index in [0.717, 1.165) is 0 Å². The minimum atomic E-state index is -0.601. The summed E-state index contributed by atoms with van der Waals surface area (Å²) in [5.74, 6) is -0.764. The molecule has 1 atom stereocenters. The Hall–Kier alpha value is -3.41. The van der Waals surface area contributed by atoms with Crippen LogP contribution in [0.15, 0.2) is 24.3 Å². The van der Waals surface area contributed by atoms with Crippen molar-refractivity contribution in [1.29, 1.82) is 5.26 Å². The number of amides is 2. The fraction of sp³-hybridized carbons (Fsp3) is 0.400. The number of nitrogens with one attached hydrogen (secondary N) is 2. The second-order valence-electron chi connectivity index (χ2n) is 7.02. The van der Waals surface area contributed by atoms with Gasteiger partial charge >= 0.3 is 0 Å². The van der Waals surface area contributed by atoms with E-state index in [1.54, 1.807) is 0 Å². The van der Waals surface area contributed by atoms with Gasteiger partial charge < -0.3 is 16.4 Å². The largest absolute Gasteiger partial charge is 0.382 e. The van der Waals surface area contributed by atoms with Gasteiger partial charge in [-0.1, -0.05) is 13.8 Å². The number of benzene rings is 1. The van der Waals surface area contributed by atoms with Gasteiger partial charge in [-0.05, 0) is 43.0 Å². The quantitative estimate of drug-likeness (QED) is 0.581. The predicted molar refractivity (Wildman–Crippen MR) is 106 cm³/mol. The molecule has 1 aromatic carbocycles. The van der Waals surface area contributed by atoms with Crippen molar-refractivity contribution in [2.45, 2.75) is 39.7 Å². The van der Waals surface area contributed by atoms with E-state index in [0.29, 0.717) is 30.8 Å². The summed E-state index contributed by atoms with van der Waals surface area (Å²) in [5.41, 5.74) is 7.35. The van der Waals surface area contributed by atoms with Gasteiger partial charge in [0.1, 0.15) is 29.3 Å². The molecule has 0 radical (unpaired) electrons. The number of rotatable bonds is 8. The van der Waals surface area contributed by atoms with Crippen LogP contribution in [-0.2, 0) is 16.0 Å². The van der Waals surface area contributed by atoms with Gasteiger partial charge in [0.15, 0.2) is 0 Å². The maximum absolute atomic E-state index is 13.1. The number of carbonyl (C=O) groups is 2. The molecule has 0 saturated carbocycles. The van der Waals surface area contributed by atoms with Gasteiger partial charge in [-0.2, -0.15) is 10.4 Å². The molecule has 0 fully saturated rings. The molecular weight excluding hydrogens is 375 g/mol. The van der Waals surface area contributed by atoms with Crippen molar-refractivity contribution in [2.75, 3.05) is 12.3 Å². The first-order chi connectivity index (χ1) is 13.7. The third-order valence-electron chi connectivity index (χ3n) is 4.37. The Morgan fingerprint density at radius 1 is 1.31 bits per heavy atom. The van der Waals surface area contributed by atoms with Crippen LogP contribution in [-0.4, -0.2) is 34.2 Å². The van der Waals surface area contributed by atoms with Crippen molar-refractivity contribution in [2.24, 2.45) is 5.92 Å². The van der Waals surface area contributed by atoms with Gasteiger partial charge in [-0.25, -0.2) is 9.07 Å². The standard InChI is InChI=1S/C20H25FN6O2/c1-12(2)18(25-13(3)28)20(29)24-10-4-5-17-16(11-22)19(23)27(26-17)15-8-6-14(21)7-9-15/h6-9,12,18H,4-5,10,23H2,1-3H3,(H,24,29)(H,25,28). The van der Waals surface area contributed by atoms with Crippen molar-refractivity contribution in [1.82, 2.24) is 20.4 Å². The third kappa shape index (κ3) is 5.54. The number of anilines is 1. The highest BCUT2D eigenvalue weighted by molar-refractivity contribution is 5.87. The molecule has 2 aromatic rings. The molecule has 154 valence electrons. The minimum Gasteiger partial charge on any atom is -0.382 e. The highest BCUT2D eigenvalue weighted by Crippen LogP contribution is 2.21. The van der Waals surface area contributed by atoms with Gasteiger partial charge in [-0.3, -0.25) is 9.59 Å². The van der Waals surface area contributed by atoms with E-state index in [1.165, 1.54) is 35.9 Å². The van der Waals surface area contributed by atoms with Crippen LogP contribution >= 0.6 is 0 Å². The average molecular weight is 400 g/mol. The van der Waals surface area contributed by atoms with E-state index in [1.807, 2.05) is 13.8 Å². The summed E-state index contributed by atoms with van der Waals surface area (Å²) in [7, 11) is 0. The summed E-state index contributed by atoms with van der Waals surface area (Å²) in [5, 5.41) is 19.2. The lowest BCUT2D eigenvalue weighted by Gasteiger charge is -2.20. The summed E-state index contributed by atoms with van der Waals surface area (Å²) in [6, 6.07) is 7.08. The van der Waals surface area contributed by atoms with Gasteiger partial charge in [0.25, 0.3) is 0 Å². The molecule has 1 heterocycles. The monoisotopic (exact) mass is 400 g/mol. The maximum Gasteiger partial charge on any atom is 0.242 e. The fourth-order valence-corrected chi connectivity index (χ4v) is 2.89. The first kappa shape index (κ1) is 21.9. The molecule has 2 rings (SSSR count). The van der Waals surface area contributed by atoms with Crippen molar-refractivity contribution >= 4 is 17.6 Å². The zero-order chi connectivity index (χ0) is 21.6. The van der Waals surface area contributed by atoms with Crippen LogP contribution in [0.1, 0.15) is 38.4 Å². The molecule has 0 aliphatic heterocycles. The summed E-state index contributed by atoms with van der Waals surface area (Å²) in [6.45, 7) is 5.43. The Morgan fingerprint density at radius 3 is 2.52 bits per heavy atom. The summed E-state index contributed by atoms with van der Waals surface area (Å²) < 4.78 is 14.5. The van der Waals surface area contributed by atoms with E-state index in [2.05, 4.69) is 21.8 Å². The molecule has 0 bridgehead atoms. The summed E-state index contributed by atoms with van der Waals surface area (Å²) >= 11 is 0. The maximum atomic E-state index is 13.1. The van der Waals surface area contributed by atoms with Crippen LogP contribution < -0.4 is 16.4 Å². The molecule has 0 aliphatic carbocycles. The zero-order valence-corrected chi connectivity index (χ0v) is 16.7. The smallest absolute Gasteiger partial charge is 0.242 e. The molecule has 1 aromatic heterocycles. The number of nitrogens with two attached hydrogens (primary N) is 1. The molecule has 0 saturated heterocycles.